The van der Waals surface area contributed by atoms with Gasteiger partial charge >= 0.3 is 0 Å². The number of amides is 2. The highest BCUT2D eigenvalue weighted by atomic mass is 16.6. The van der Waals surface area contributed by atoms with Crippen molar-refractivity contribution in [2.24, 2.45) is 0 Å². The summed E-state index contributed by atoms with van der Waals surface area (Å²) >= 11 is 0. The van der Waals surface area contributed by atoms with Gasteiger partial charge in [-0.15, -0.1) is 0 Å². The van der Waals surface area contributed by atoms with Crippen LogP contribution in [0.3, 0.4) is 0 Å². The summed E-state index contributed by atoms with van der Waals surface area (Å²) in [7, 11) is 0. The molecular formula is C18H17N3O4. The third-order valence-corrected chi connectivity index (χ3v) is 4.17. The highest BCUT2D eigenvalue weighted by Crippen LogP contribution is 2.33. The Balaban J connectivity index is 1.96. The van der Waals surface area contributed by atoms with E-state index in [-0.39, 0.29) is 17.5 Å². The Morgan fingerprint density at radius 2 is 1.88 bits per heavy atom. The lowest BCUT2D eigenvalue weighted by Gasteiger charge is -2.24. The van der Waals surface area contributed by atoms with Crippen LogP contribution in [0, 0.1) is 10.1 Å². The molecule has 0 saturated carbocycles. The number of fused-ring (bicyclic) bond motifs is 1. The molecule has 1 heterocycles. The lowest BCUT2D eigenvalue weighted by molar-refractivity contribution is -0.384. The molecule has 7 nitrogen and oxygen atoms in total. The zero-order valence-corrected chi connectivity index (χ0v) is 13.6. The van der Waals surface area contributed by atoms with Crippen LogP contribution >= 0.6 is 0 Å². The van der Waals surface area contributed by atoms with E-state index in [1.807, 2.05) is 25.1 Å². The van der Waals surface area contributed by atoms with E-state index in [2.05, 4.69) is 5.32 Å². The molecular weight excluding hydrogens is 322 g/mol. The number of carbonyl (C=O) groups is 2. The van der Waals surface area contributed by atoms with Gasteiger partial charge in [-0.25, -0.2) is 0 Å². The molecule has 3 rings (SSSR count). The number of nitrogens with one attached hydrogen (secondary N) is 1. The quantitative estimate of drug-likeness (QED) is 0.683. The molecule has 0 fully saturated rings. The first-order chi connectivity index (χ1) is 12.0. The first-order valence-electron chi connectivity index (χ1n) is 7.96. The molecule has 128 valence electrons. The van der Waals surface area contributed by atoms with Crippen molar-refractivity contribution >= 4 is 23.2 Å². The van der Waals surface area contributed by atoms with Gasteiger partial charge in [0.05, 0.1) is 4.92 Å². The van der Waals surface area contributed by atoms with E-state index in [1.165, 1.54) is 29.2 Å². The number of benzene rings is 2. The molecule has 0 radical (unpaired) electrons. The van der Waals surface area contributed by atoms with E-state index >= 15 is 0 Å². The number of rotatable bonds is 4. The van der Waals surface area contributed by atoms with Crippen LogP contribution in [0.5, 0.6) is 0 Å². The molecule has 0 aliphatic carbocycles. The van der Waals surface area contributed by atoms with Gasteiger partial charge in [-0.05, 0) is 30.7 Å². The van der Waals surface area contributed by atoms with Crippen molar-refractivity contribution in [2.45, 2.75) is 19.4 Å². The third kappa shape index (κ3) is 3.08. The molecule has 1 unspecified atom stereocenters. The smallest absolute Gasteiger partial charge is 0.269 e. The van der Waals surface area contributed by atoms with Gasteiger partial charge in [-0.3, -0.25) is 24.6 Å². The van der Waals surface area contributed by atoms with Crippen LogP contribution in [0.25, 0.3) is 0 Å². The predicted octanol–water partition coefficient (Wildman–Crippen LogP) is 2.30. The lowest BCUT2D eigenvalue weighted by atomic mass is 10.1. The van der Waals surface area contributed by atoms with E-state index in [1.54, 1.807) is 6.07 Å². The number of hydrogen-bond donors (Lipinski definition) is 1. The normalized spacial score (nSPS) is 15.6. The van der Waals surface area contributed by atoms with Crippen LogP contribution in [0.15, 0.2) is 48.5 Å². The summed E-state index contributed by atoms with van der Waals surface area (Å²) in [6.07, 6.45) is 0.445. The van der Waals surface area contributed by atoms with Crippen molar-refractivity contribution in [3.63, 3.8) is 0 Å². The summed E-state index contributed by atoms with van der Waals surface area (Å²) in [5.41, 5.74) is 1.84. The van der Waals surface area contributed by atoms with Gasteiger partial charge in [0.1, 0.15) is 6.04 Å². The van der Waals surface area contributed by atoms with Crippen molar-refractivity contribution < 1.29 is 14.5 Å². The Bertz CT molecular complexity index is 832. The Labute approximate surface area is 144 Å². The Morgan fingerprint density at radius 1 is 1.20 bits per heavy atom. The number of nitro benzene ring substituents is 1. The summed E-state index contributed by atoms with van der Waals surface area (Å²) < 4.78 is 0. The molecule has 25 heavy (non-hydrogen) atoms. The van der Waals surface area contributed by atoms with Gasteiger partial charge < -0.3 is 5.32 Å². The first kappa shape index (κ1) is 16.6. The Morgan fingerprint density at radius 3 is 2.52 bits per heavy atom. The summed E-state index contributed by atoms with van der Waals surface area (Å²) in [6, 6.07) is 12.2. The van der Waals surface area contributed by atoms with E-state index < -0.39 is 11.0 Å². The second-order valence-corrected chi connectivity index (χ2v) is 5.72. The maximum Gasteiger partial charge on any atom is 0.269 e. The van der Waals surface area contributed by atoms with Crippen LogP contribution in [0.2, 0.25) is 0 Å². The zero-order chi connectivity index (χ0) is 18.0. The second kappa shape index (κ2) is 6.72. The average molecular weight is 339 g/mol. The summed E-state index contributed by atoms with van der Waals surface area (Å²) in [5, 5.41) is 13.5. The van der Waals surface area contributed by atoms with Crippen molar-refractivity contribution in [3.05, 3.63) is 69.8 Å². The number of nitro groups is 1. The standard InChI is InChI=1S/C18H17N3O4/c1-2-19-17(22)16-11-13-5-3-4-6-15(13)20(16)18(23)12-7-9-14(10-8-12)21(24)25/h3-10,16H,2,11H2,1H3,(H,19,22). The molecule has 0 aromatic heterocycles. The van der Waals surface area contributed by atoms with Crippen LogP contribution < -0.4 is 10.2 Å². The van der Waals surface area contributed by atoms with Crippen molar-refractivity contribution in [3.8, 4) is 0 Å². The topological polar surface area (TPSA) is 92.6 Å². The van der Waals surface area contributed by atoms with Crippen LogP contribution in [0.1, 0.15) is 22.8 Å². The first-order valence-corrected chi connectivity index (χ1v) is 7.96. The molecule has 2 amide bonds. The fourth-order valence-electron chi connectivity index (χ4n) is 3.00. The monoisotopic (exact) mass is 339 g/mol. The summed E-state index contributed by atoms with van der Waals surface area (Å²) in [4.78, 5) is 37.1. The van der Waals surface area contributed by atoms with Crippen molar-refractivity contribution in [1.82, 2.24) is 5.32 Å². The number of anilines is 1. The van der Waals surface area contributed by atoms with Crippen LogP contribution in [0.4, 0.5) is 11.4 Å². The Hall–Kier alpha value is -3.22. The van der Waals surface area contributed by atoms with Gasteiger partial charge in [-0.1, -0.05) is 18.2 Å². The SMILES string of the molecule is CCNC(=O)C1Cc2ccccc2N1C(=O)c1ccc([N+](=O)[O-])cc1. The Kier molecular flexibility index (Phi) is 4.47. The van der Waals surface area contributed by atoms with Crippen molar-refractivity contribution in [2.75, 3.05) is 11.4 Å². The molecule has 0 saturated heterocycles. The third-order valence-electron chi connectivity index (χ3n) is 4.17. The predicted molar refractivity (Wildman–Crippen MR) is 92.5 cm³/mol. The average Bonchev–Trinajstić information content (AvgIpc) is 3.01. The number of hydrogen-bond acceptors (Lipinski definition) is 4. The molecule has 1 aliphatic rings. The van der Waals surface area contributed by atoms with Gasteiger partial charge in [-0.2, -0.15) is 0 Å². The maximum absolute atomic E-state index is 13.0. The minimum Gasteiger partial charge on any atom is -0.355 e. The fourth-order valence-corrected chi connectivity index (χ4v) is 3.00. The van der Waals surface area contributed by atoms with E-state index in [0.717, 1.165) is 5.56 Å². The summed E-state index contributed by atoms with van der Waals surface area (Å²) in [5.74, 6) is -0.565. The minimum atomic E-state index is -0.625. The van der Waals surface area contributed by atoms with Crippen LogP contribution in [-0.4, -0.2) is 29.3 Å². The molecule has 1 atom stereocenters. The molecule has 0 bridgehead atoms. The van der Waals surface area contributed by atoms with Gasteiger partial charge in [0.15, 0.2) is 0 Å². The molecule has 2 aromatic rings. The number of carbonyl (C=O) groups excluding carboxylic acids is 2. The number of para-hydroxylation sites is 1. The van der Waals surface area contributed by atoms with E-state index in [4.69, 9.17) is 0 Å². The molecule has 0 spiro atoms. The lowest BCUT2D eigenvalue weighted by Crippen LogP contribution is -2.48. The minimum absolute atomic E-state index is 0.0846. The zero-order valence-electron chi connectivity index (χ0n) is 13.6. The van der Waals surface area contributed by atoms with Gasteiger partial charge in [0.25, 0.3) is 11.6 Å². The highest BCUT2D eigenvalue weighted by Gasteiger charge is 2.38. The van der Waals surface area contributed by atoms with Gasteiger partial charge in [0.2, 0.25) is 5.91 Å². The van der Waals surface area contributed by atoms with E-state index in [0.29, 0.717) is 24.2 Å². The fraction of sp³-hybridized carbons (Fsp3) is 0.222. The van der Waals surface area contributed by atoms with E-state index in [9.17, 15) is 19.7 Å². The summed E-state index contributed by atoms with van der Waals surface area (Å²) in [6.45, 7) is 2.30. The highest BCUT2D eigenvalue weighted by molar-refractivity contribution is 6.11. The largest absolute Gasteiger partial charge is 0.355 e. The maximum atomic E-state index is 13.0. The molecule has 2 aromatic carbocycles. The van der Waals surface area contributed by atoms with Crippen molar-refractivity contribution in [1.29, 1.82) is 0 Å². The number of non-ortho nitro benzene ring substituents is 1. The molecule has 1 N–H and O–H groups in total. The molecule has 1 aliphatic heterocycles. The number of likely N-dealkylation sites (N-methyl/N-ethyl adjacent to an activating group) is 1. The molecule has 7 heteroatoms. The number of nitrogens with zero attached hydrogens (tertiary/aromatic N) is 2. The second-order valence-electron chi connectivity index (χ2n) is 5.72. The van der Waals surface area contributed by atoms with Gasteiger partial charge in [0, 0.05) is 36.3 Å². The van der Waals surface area contributed by atoms with Crippen LogP contribution in [-0.2, 0) is 11.2 Å².